The van der Waals surface area contributed by atoms with Crippen LogP contribution in [0.2, 0.25) is 0 Å². The Morgan fingerprint density at radius 3 is 3.09 bits per heavy atom. The number of hydrogen-bond acceptors (Lipinski definition) is 6. The zero-order valence-electron chi connectivity index (χ0n) is 12.0. The minimum absolute atomic E-state index is 0.555. The van der Waals surface area contributed by atoms with E-state index >= 15 is 0 Å². The van der Waals surface area contributed by atoms with Crippen LogP contribution in [-0.4, -0.2) is 9.97 Å². The van der Waals surface area contributed by atoms with Crippen LogP contribution in [0.3, 0.4) is 0 Å². The minimum Gasteiger partial charge on any atom is -0.467 e. The van der Waals surface area contributed by atoms with Gasteiger partial charge in [-0.1, -0.05) is 17.7 Å². The molecule has 3 rings (SSSR count). The normalized spacial score (nSPS) is 15.7. The molecule has 0 saturated carbocycles. The fraction of sp³-hybridized carbons (Fsp3) is 0.125. The molecule has 2 aromatic heterocycles. The van der Waals surface area contributed by atoms with Crippen LogP contribution in [0.1, 0.15) is 18.4 Å². The molecule has 0 atom stereocenters. The van der Waals surface area contributed by atoms with Crippen molar-refractivity contribution >= 4 is 23.2 Å². The van der Waals surface area contributed by atoms with Gasteiger partial charge in [-0.15, -0.1) is 6.42 Å². The van der Waals surface area contributed by atoms with Gasteiger partial charge in [0.2, 0.25) is 0 Å². The Kier molecular flexibility index (Phi) is 4.17. The van der Waals surface area contributed by atoms with Gasteiger partial charge in [0.1, 0.15) is 17.9 Å². The Morgan fingerprint density at radius 1 is 1.50 bits per heavy atom. The number of thioether (sulfide) groups is 1. The molecule has 2 aromatic rings. The Labute approximate surface area is 132 Å². The standard InChI is InChI=1S/C16H14N4OS/c1-3-13(16-20-11(2)9-22-16)14-7-15(19-10-18-14)17-8-12-5-4-6-21-12/h1,4-7,9-10,20H,8H2,2H3,(H,17,18,19)/b16-13-. The quantitative estimate of drug-likeness (QED) is 0.846. The van der Waals surface area contributed by atoms with Crippen molar-refractivity contribution in [2.45, 2.75) is 13.5 Å². The van der Waals surface area contributed by atoms with Crippen LogP contribution >= 0.6 is 11.8 Å². The molecule has 5 nitrogen and oxygen atoms in total. The summed E-state index contributed by atoms with van der Waals surface area (Å²) in [5, 5.41) is 9.36. The van der Waals surface area contributed by atoms with E-state index in [2.05, 4.69) is 26.5 Å². The molecule has 0 amide bonds. The van der Waals surface area contributed by atoms with Crippen molar-refractivity contribution in [1.82, 2.24) is 15.3 Å². The number of allylic oxidation sites excluding steroid dienone is 2. The van der Waals surface area contributed by atoms with E-state index in [0.29, 0.717) is 18.1 Å². The van der Waals surface area contributed by atoms with Crippen molar-refractivity contribution in [1.29, 1.82) is 0 Å². The van der Waals surface area contributed by atoms with Crippen molar-refractivity contribution in [2.75, 3.05) is 5.32 Å². The van der Waals surface area contributed by atoms with Crippen LogP contribution in [0.25, 0.3) is 5.57 Å². The van der Waals surface area contributed by atoms with E-state index in [1.807, 2.05) is 30.5 Å². The highest BCUT2D eigenvalue weighted by atomic mass is 32.2. The molecule has 22 heavy (non-hydrogen) atoms. The van der Waals surface area contributed by atoms with Gasteiger partial charge < -0.3 is 15.1 Å². The van der Waals surface area contributed by atoms with Gasteiger partial charge in [-0.3, -0.25) is 0 Å². The lowest BCUT2D eigenvalue weighted by Gasteiger charge is -2.08. The zero-order chi connectivity index (χ0) is 15.4. The summed E-state index contributed by atoms with van der Waals surface area (Å²) < 4.78 is 5.28. The average molecular weight is 310 g/mol. The lowest BCUT2D eigenvalue weighted by molar-refractivity contribution is 0.518. The van der Waals surface area contributed by atoms with E-state index in [4.69, 9.17) is 10.8 Å². The molecule has 0 saturated heterocycles. The number of rotatable bonds is 4. The second-order valence-corrected chi connectivity index (χ2v) is 5.49. The molecular formula is C16H14N4OS. The monoisotopic (exact) mass is 310 g/mol. The summed E-state index contributed by atoms with van der Waals surface area (Å²) in [6.45, 7) is 2.55. The summed E-state index contributed by atoms with van der Waals surface area (Å²) in [6, 6.07) is 5.58. The summed E-state index contributed by atoms with van der Waals surface area (Å²) in [6.07, 6.45) is 8.79. The molecule has 6 heteroatoms. The molecule has 0 spiro atoms. The summed E-state index contributed by atoms with van der Waals surface area (Å²) in [5.74, 6) is 4.24. The van der Waals surface area contributed by atoms with Crippen LogP contribution in [0.15, 0.2) is 51.3 Å². The zero-order valence-corrected chi connectivity index (χ0v) is 12.8. The number of nitrogens with one attached hydrogen (secondary N) is 2. The van der Waals surface area contributed by atoms with Crippen LogP contribution in [0.5, 0.6) is 0 Å². The lowest BCUT2D eigenvalue weighted by atomic mass is 10.2. The molecule has 2 N–H and O–H groups in total. The Bertz CT molecular complexity index is 772. The van der Waals surface area contributed by atoms with E-state index in [9.17, 15) is 0 Å². The summed E-state index contributed by atoms with van der Waals surface area (Å²) in [7, 11) is 0. The lowest BCUT2D eigenvalue weighted by Crippen LogP contribution is -2.06. The number of furan rings is 1. The van der Waals surface area contributed by atoms with Gasteiger partial charge in [-0.2, -0.15) is 0 Å². The fourth-order valence-electron chi connectivity index (χ4n) is 1.94. The molecule has 0 aliphatic carbocycles. The first-order valence-corrected chi connectivity index (χ1v) is 7.54. The summed E-state index contributed by atoms with van der Waals surface area (Å²) >= 11 is 1.56. The van der Waals surface area contributed by atoms with Gasteiger partial charge in [0.05, 0.1) is 29.1 Å². The van der Waals surface area contributed by atoms with E-state index in [-0.39, 0.29) is 0 Å². The van der Waals surface area contributed by atoms with E-state index in [1.165, 1.54) is 6.33 Å². The molecule has 0 aromatic carbocycles. The van der Waals surface area contributed by atoms with Gasteiger partial charge in [0.25, 0.3) is 0 Å². The van der Waals surface area contributed by atoms with Gasteiger partial charge in [-0.05, 0) is 24.5 Å². The molecule has 0 radical (unpaired) electrons. The summed E-state index contributed by atoms with van der Waals surface area (Å²) in [5.41, 5.74) is 2.50. The highest BCUT2D eigenvalue weighted by molar-refractivity contribution is 8.06. The Morgan fingerprint density at radius 2 is 2.41 bits per heavy atom. The van der Waals surface area contributed by atoms with Crippen molar-refractivity contribution < 1.29 is 4.42 Å². The number of anilines is 1. The van der Waals surface area contributed by atoms with E-state index < -0.39 is 0 Å². The first-order chi connectivity index (χ1) is 10.8. The van der Waals surface area contributed by atoms with Gasteiger partial charge in [0.15, 0.2) is 0 Å². The van der Waals surface area contributed by atoms with E-state index in [1.54, 1.807) is 18.0 Å². The van der Waals surface area contributed by atoms with Crippen molar-refractivity contribution in [3.63, 3.8) is 0 Å². The molecule has 110 valence electrons. The molecule has 1 aliphatic rings. The van der Waals surface area contributed by atoms with Crippen LogP contribution in [0, 0.1) is 12.3 Å². The maximum atomic E-state index is 5.65. The maximum Gasteiger partial charge on any atom is 0.130 e. The Hall–Kier alpha value is -2.65. The highest BCUT2D eigenvalue weighted by Crippen LogP contribution is 2.30. The molecule has 1 aliphatic heterocycles. The molecule has 0 unspecified atom stereocenters. The molecule has 0 bridgehead atoms. The van der Waals surface area contributed by atoms with Gasteiger partial charge in [0, 0.05) is 11.8 Å². The smallest absolute Gasteiger partial charge is 0.130 e. The summed E-state index contributed by atoms with van der Waals surface area (Å²) in [4.78, 5) is 8.48. The second kappa shape index (κ2) is 6.41. The topological polar surface area (TPSA) is 63.0 Å². The Balaban J connectivity index is 1.80. The third kappa shape index (κ3) is 3.15. The van der Waals surface area contributed by atoms with Crippen molar-refractivity contribution in [3.05, 3.63) is 58.4 Å². The fourth-order valence-corrected chi connectivity index (χ4v) is 2.80. The van der Waals surface area contributed by atoms with Crippen LogP contribution in [-0.2, 0) is 6.54 Å². The second-order valence-electron chi connectivity index (χ2n) is 4.61. The average Bonchev–Trinajstić information content (AvgIpc) is 3.18. The number of terminal acetylenes is 1. The number of nitrogens with zero attached hydrogens (tertiary/aromatic N) is 2. The third-order valence-corrected chi connectivity index (χ3v) is 4.00. The van der Waals surface area contributed by atoms with Crippen molar-refractivity contribution in [2.24, 2.45) is 0 Å². The molecule has 0 fully saturated rings. The maximum absolute atomic E-state index is 5.65. The largest absolute Gasteiger partial charge is 0.467 e. The third-order valence-electron chi connectivity index (χ3n) is 2.98. The SMILES string of the molecule is C#C/C(=C1\NC(C)=CS1)c1cc(NCc2ccco2)ncn1. The number of hydrogen-bond donors (Lipinski definition) is 2. The van der Waals surface area contributed by atoms with Crippen molar-refractivity contribution in [3.8, 4) is 12.3 Å². The van der Waals surface area contributed by atoms with Crippen LogP contribution in [0.4, 0.5) is 5.82 Å². The van der Waals surface area contributed by atoms with Gasteiger partial charge in [-0.25, -0.2) is 9.97 Å². The van der Waals surface area contributed by atoms with Crippen LogP contribution < -0.4 is 10.6 Å². The first kappa shape index (κ1) is 14.3. The predicted octanol–water partition coefficient (Wildman–Crippen LogP) is 3.18. The van der Waals surface area contributed by atoms with E-state index in [0.717, 1.165) is 22.1 Å². The van der Waals surface area contributed by atoms with Gasteiger partial charge >= 0.3 is 0 Å². The molecule has 3 heterocycles. The minimum atomic E-state index is 0.555. The highest BCUT2D eigenvalue weighted by Gasteiger charge is 2.14. The molecular weight excluding hydrogens is 296 g/mol. The first-order valence-electron chi connectivity index (χ1n) is 6.66. The number of aromatic nitrogens is 2. The predicted molar refractivity (Wildman–Crippen MR) is 88.3 cm³/mol.